The third-order valence-electron chi connectivity index (χ3n) is 5.19. The molecule has 0 aliphatic carbocycles. The maximum Gasteiger partial charge on any atom is 0.205 e. The molecule has 7 nitrogen and oxygen atoms in total. The molecule has 0 saturated carbocycles. The number of halogens is 1. The first-order valence-corrected chi connectivity index (χ1v) is 9.81. The van der Waals surface area contributed by atoms with Gasteiger partial charge in [-0.2, -0.15) is 4.80 Å². The second-order valence-electron chi connectivity index (χ2n) is 7.30. The molecule has 0 amide bonds. The number of carbonyl (C=O) groups is 1. The molecular weight excluding hydrogens is 397 g/mol. The molecule has 31 heavy (non-hydrogen) atoms. The van der Waals surface area contributed by atoms with Crippen molar-refractivity contribution < 1.29 is 13.9 Å². The number of benzene rings is 2. The van der Waals surface area contributed by atoms with Crippen LogP contribution in [0.1, 0.15) is 27.3 Å². The summed E-state index contributed by atoms with van der Waals surface area (Å²) < 4.78 is 20.4. The summed E-state index contributed by atoms with van der Waals surface area (Å²) in [5.41, 5.74) is 4.13. The number of methoxy groups -OCH3 is 1. The second kappa shape index (κ2) is 8.51. The Balaban J connectivity index is 1.51. The highest BCUT2D eigenvalue weighted by atomic mass is 19.1. The Morgan fingerprint density at radius 1 is 1.10 bits per heavy atom. The minimum atomic E-state index is -0.269. The summed E-state index contributed by atoms with van der Waals surface area (Å²) in [7, 11) is 1.59. The fraction of sp³-hybridized carbons (Fsp3) is 0.217. The highest BCUT2D eigenvalue weighted by molar-refractivity contribution is 5.97. The molecule has 0 N–H and O–H groups in total. The molecule has 0 fully saturated rings. The minimum Gasteiger partial charge on any atom is -0.497 e. The van der Waals surface area contributed by atoms with Gasteiger partial charge in [0, 0.05) is 29.1 Å². The van der Waals surface area contributed by atoms with Gasteiger partial charge in [-0.1, -0.05) is 24.3 Å². The Bertz CT molecular complexity index is 1230. The summed E-state index contributed by atoms with van der Waals surface area (Å²) in [6.07, 6.45) is 0. The number of aromatic nitrogens is 5. The lowest BCUT2D eigenvalue weighted by Gasteiger charge is -2.10. The molecule has 2 heterocycles. The van der Waals surface area contributed by atoms with Crippen LogP contribution in [0, 0.1) is 19.7 Å². The van der Waals surface area contributed by atoms with Gasteiger partial charge in [0.15, 0.2) is 5.78 Å². The van der Waals surface area contributed by atoms with Crippen LogP contribution in [0.4, 0.5) is 4.39 Å². The summed E-state index contributed by atoms with van der Waals surface area (Å²) in [6.45, 7) is 4.40. The number of hydrogen-bond donors (Lipinski definition) is 0. The van der Waals surface area contributed by atoms with Crippen LogP contribution in [0.5, 0.6) is 5.75 Å². The highest BCUT2D eigenvalue weighted by Gasteiger charge is 2.18. The molecule has 0 bridgehead atoms. The van der Waals surface area contributed by atoms with Crippen molar-refractivity contribution in [1.29, 1.82) is 0 Å². The smallest absolute Gasteiger partial charge is 0.205 e. The van der Waals surface area contributed by atoms with Crippen molar-refractivity contribution >= 4 is 5.78 Å². The molecule has 0 saturated heterocycles. The Morgan fingerprint density at radius 3 is 2.61 bits per heavy atom. The normalized spacial score (nSPS) is 11.0. The van der Waals surface area contributed by atoms with Gasteiger partial charge in [0.2, 0.25) is 5.82 Å². The van der Waals surface area contributed by atoms with Gasteiger partial charge < -0.3 is 9.30 Å². The monoisotopic (exact) mass is 419 g/mol. The number of rotatable bonds is 7. The number of Topliss-reactive ketones (excluding diaryl/α,β-unsaturated/α-hetero) is 1. The third-order valence-corrected chi connectivity index (χ3v) is 5.19. The quantitative estimate of drug-likeness (QED) is 0.426. The molecule has 0 spiro atoms. The van der Waals surface area contributed by atoms with E-state index >= 15 is 0 Å². The van der Waals surface area contributed by atoms with Crippen molar-refractivity contribution in [2.45, 2.75) is 26.9 Å². The summed E-state index contributed by atoms with van der Waals surface area (Å²) in [4.78, 5) is 14.2. The molecule has 4 rings (SSSR count). The Kier molecular flexibility index (Phi) is 5.62. The van der Waals surface area contributed by atoms with Gasteiger partial charge >= 0.3 is 0 Å². The first-order valence-electron chi connectivity index (χ1n) is 9.81. The van der Waals surface area contributed by atoms with Crippen LogP contribution in [-0.2, 0) is 13.1 Å². The van der Waals surface area contributed by atoms with E-state index in [9.17, 15) is 9.18 Å². The average molecular weight is 419 g/mol. The lowest BCUT2D eigenvalue weighted by Crippen LogP contribution is -2.14. The Labute approximate surface area is 179 Å². The van der Waals surface area contributed by atoms with Crippen molar-refractivity contribution in [3.63, 3.8) is 0 Å². The molecule has 0 unspecified atom stereocenters. The van der Waals surface area contributed by atoms with Gasteiger partial charge in [-0.3, -0.25) is 4.79 Å². The average Bonchev–Trinajstić information content (AvgIpc) is 3.35. The van der Waals surface area contributed by atoms with E-state index in [0.717, 1.165) is 22.5 Å². The maximum absolute atomic E-state index is 13.2. The molecule has 8 heteroatoms. The van der Waals surface area contributed by atoms with Crippen molar-refractivity contribution in [2.24, 2.45) is 0 Å². The number of hydrogen-bond acceptors (Lipinski definition) is 5. The second-order valence-corrected chi connectivity index (χ2v) is 7.30. The summed E-state index contributed by atoms with van der Waals surface area (Å²) in [6, 6.07) is 15.6. The van der Waals surface area contributed by atoms with Gasteiger partial charge in [0.05, 0.1) is 7.11 Å². The van der Waals surface area contributed by atoms with Crippen LogP contribution in [0.25, 0.3) is 11.4 Å². The lowest BCUT2D eigenvalue weighted by molar-refractivity contribution is 0.0960. The molecule has 2 aromatic carbocycles. The molecule has 0 atom stereocenters. The molecule has 0 aliphatic heterocycles. The predicted molar refractivity (Wildman–Crippen MR) is 114 cm³/mol. The van der Waals surface area contributed by atoms with Crippen molar-refractivity contribution in [1.82, 2.24) is 24.8 Å². The first kappa shape index (κ1) is 20.5. The number of ether oxygens (including phenoxy) is 1. The van der Waals surface area contributed by atoms with E-state index in [0.29, 0.717) is 23.7 Å². The van der Waals surface area contributed by atoms with E-state index in [1.807, 2.05) is 48.7 Å². The van der Waals surface area contributed by atoms with E-state index < -0.39 is 0 Å². The summed E-state index contributed by atoms with van der Waals surface area (Å²) in [5.74, 6) is 0.745. The molecule has 2 aromatic heterocycles. The lowest BCUT2D eigenvalue weighted by atomic mass is 10.1. The van der Waals surface area contributed by atoms with Gasteiger partial charge in [-0.05, 0) is 55.0 Å². The van der Waals surface area contributed by atoms with Gasteiger partial charge in [0.1, 0.15) is 18.1 Å². The van der Waals surface area contributed by atoms with Crippen LogP contribution in [0.2, 0.25) is 0 Å². The zero-order chi connectivity index (χ0) is 22.0. The third kappa shape index (κ3) is 4.37. The van der Waals surface area contributed by atoms with Crippen LogP contribution in [0.3, 0.4) is 0 Å². The standard InChI is InChI=1S/C23H22FN5O2/c1-15-11-21(16(2)28(15)13-17-7-9-19(24)10-8-17)22(30)14-29-26-23(25-27-29)18-5-4-6-20(12-18)31-3/h4-12H,13-14H2,1-3H3. The van der Waals surface area contributed by atoms with E-state index in [4.69, 9.17) is 4.74 Å². The van der Waals surface area contributed by atoms with E-state index in [1.165, 1.54) is 16.9 Å². The first-order chi connectivity index (χ1) is 14.9. The van der Waals surface area contributed by atoms with Crippen LogP contribution < -0.4 is 4.74 Å². The van der Waals surface area contributed by atoms with E-state index in [1.54, 1.807) is 19.2 Å². The number of tetrazole rings is 1. The van der Waals surface area contributed by atoms with Gasteiger partial charge in [-0.25, -0.2) is 4.39 Å². The molecule has 158 valence electrons. The summed E-state index contributed by atoms with van der Waals surface area (Å²) in [5, 5.41) is 12.4. The number of nitrogens with zero attached hydrogens (tertiary/aromatic N) is 5. The molecule has 0 radical (unpaired) electrons. The van der Waals surface area contributed by atoms with E-state index in [2.05, 4.69) is 15.4 Å². The zero-order valence-corrected chi connectivity index (χ0v) is 17.5. The summed E-state index contributed by atoms with van der Waals surface area (Å²) >= 11 is 0. The molecule has 0 aliphatic rings. The van der Waals surface area contributed by atoms with Crippen molar-refractivity contribution in [3.8, 4) is 17.1 Å². The van der Waals surface area contributed by atoms with E-state index in [-0.39, 0.29) is 18.1 Å². The van der Waals surface area contributed by atoms with Crippen LogP contribution in [-0.4, -0.2) is 37.7 Å². The minimum absolute atomic E-state index is 0.0161. The van der Waals surface area contributed by atoms with Gasteiger partial charge in [-0.15, -0.1) is 10.2 Å². The number of aryl methyl sites for hydroxylation is 1. The Morgan fingerprint density at radius 2 is 1.87 bits per heavy atom. The van der Waals surface area contributed by atoms with Gasteiger partial charge in [0.25, 0.3) is 0 Å². The van der Waals surface area contributed by atoms with Crippen LogP contribution in [0.15, 0.2) is 54.6 Å². The highest BCUT2D eigenvalue weighted by Crippen LogP contribution is 2.21. The van der Waals surface area contributed by atoms with Crippen molar-refractivity contribution in [3.05, 3.63) is 82.9 Å². The maximum atomic E-state index is 13.2. The predicted octanol–water partition coefficient (Wildman–Crippen LogP) is 3.84. The SMILES string of the molecule is COc1cccc(-c2nnn(CC(=O)c3cc(C)n(Cc4ccc(F)cc4)c3C)n2)c1. The Hall–Kier alpha value is -3.81. The number of carbonyl (C=O) groups excluding carboxylic acids is 1. The fourth-order valence-electron chi connectivity index (χ4n) is 3.50. The van der Waals surface area contributed by atoms with Crippen molar-refractivity contribution in [2.75, 3.05) is 7.11 Å². The molecular formula is C23H22FN5O2. The zero-order valence-electron chi connectivity index (χ0n) is 17.5. The molecule has 4 aromatic rings. The topological polar surface area (TPSA) is 74.8 Å². The number of ketones is 1. The fourth-order valence-corrected chi connectivity index (χ4v) is 3.50. The largest absolute Gasteiger partial charge is 0.497 e. The van der Waals surface area contributed by atoms with Crippen LogP contribution >= 0.6 is 0 Å².